The summed E-state index contributed by atoms with van der Waals surface area (Å²) in [5.41, 5.74) is 2.12. The van der Waals surface area contributed by atoms with Gasteiger partial charge in [-0.3, -0.25) is 9.88 Å². The molecule has 2 fully saturated rings. The average molecular weight is 687 g/mol. The van der Waals surface area contributed by atoms with Gasteiger partial charge in [-0.15, -0.1) is 0 Å². The molecule has 13 heteroatoms. The van der Waals surface area contributed by atoms with Gasteiger partial charge in [-0.25, -0.2) is 9.59 Å². The molecule has 49 heavy (non-hydrogen) atoms. The van der Waals surface area contributed by atoms with Crippen LogP contribution in [0, 0.1) is 12.8 Å². The normalized spacial score (nSPS) is 21.3. The first kappa shape index (κ1) is 34.1. The number of carboxylic acid groups (broad SMARTS) is 1. The monoisotopic (exact) mass is 686 g/mol. The molecule has 0 bridgehead atoms. The summed E-state index contributed by atoms with van der Waals surface area (Å²) in [5, 5.41) is 9.40. The zero-order valence-electron chi connectivity index (χ0n) is 26.7. The van der Waals surface area contributed by atoms with Crippen LogP contribution in [-0.4, -0.2) is 58.7 Å². The summed E-state index contributed by atoms with van der Waals surface area (Å²) >= 11 is 0. The predicted molar refractivity (Wildman–Crippen MR) is 167 cm³/mol. The molecule has 1 saturated heterocycles. The number of hydrogen-bond acceptors (Lipinski definition) is 5. The number of cyclic esters (lactones) is 1. The Morgan fingerprint density at radius 2 is 1.71 bits per heavy atom. The standard InChI is InChI=1S/C36H32F6N2O5/c1-18-12-22(33(45)46)6-8-26(18)21-7-11-31(48-3)28(15-21)27-9-10-29(20-4-5-20)43-30(27)17-44-19(2)32(49-34(44)47)23-13-24(35(37,38)39)16-25(14-23)36(40,41)42/h6-13,15-16,19-20,23,32H,4-5,14,17H2,1-3H3,(H,45,46)/t19-,23?,32-/m0/s1. The SMILES string of the molecule is COc1ccc(-c2ccc(C(=O)O)cc2C)cc1-c1ccc(C2CC2)nc1CN1C(=O)O[C@H](C2C=C(C(F)(F)F)C=C(C(F)(F)F)C2)[C@@H]1C. The second-order valence-corrected chi connectivity index (χ2v) is 12.6. The van der Waals surface area contributed by atoms with Gasteiger partial charge in [0.15, 0.2) is 0 Å². The number of aromatic nitrogens is 1. The van der Waals surface area contributed by atoms with Gasteiger partial charge in [0, 0.05) is 34.2 Å². The van der Waals surface area contributed by atoms with Crippen molar-refractivity contribution in [2.75, 3.05) is 7.11 Å². The van der Waals surface area contributed by atoms with Crippen molar-refractivity contribution < 1.29 is 50.5 Å². The maximum absolute atomic E-state index is 13.7. The highest BCUT2D eigenvalue weighted by molar-refractivity contribution is 5.89. The number of allylic oxidation sites excluding steroid dienone is 3. The number of carbonyl (C=O) groups excluding carboxylic acids is 1. The van der Waals surface area contributed by atoms with E-state index in [0.717, 1.165) is 35.2 Å². The molecule has 3 aliphatic rings. The summed E-state index contributed by atoms with van der Waals surface area (Å²) < 4.78 is 93.1. The molecule has 1 unspecified atom stereocenters. The molecule has 2 heterocycles. The second kappa shape index (κ2) is 12.6. The van der Waals surface area contributed by atoms with Crippen LogP contribution < -0.4 is 4.74 Å². The zero-order valence-corrected chi connectivity index (χ0v) is 26.7. The van der Waals surface area contributed by atoms with Gasteiger partial charge in [-0.1, -0.05) is 24.3 Å². The molecule has 1 N–H and O–H groups in total. The number of carboxylic acids is 1. The summed E-state index contributed by atoms with van der Waals surface area (Å²) in [6.45, 7) is 3.21. The number of aromatic carboxylic acids is 1. The molecule has 258 valence electrons. The van der Waals surface area contributed by atoms with E-state index < -0.39 is 60.0 Å². The van der Waals surface area contributed by atoms with Crippen molar-refractivity contribution >= 4 is 12.1 Å². The first-order valence-electron chi connectivity index (χ1n) is 15.6. The van der Waals surface area contributed by atoms with Gasteiger partial charge in [-0.05, 0) is 86.2 Å². The number of nitrogens with zero attached hydrogens (tertiary/aromatic N) is 2. The number of carbonyl (C=O) groups is 2. The van der Waals surface area contributed by atoms with Crippen molar-refractivity contribution in [2.45, 2.75) is 70.1 Å². The van der Waals surface area contributed by atoms with E-state index in [2.05, 4.69) is 0 Å². The predicted octanol–water partition coefficient (Wildman–Crippen LogP) is 9.01. The molecule has 0 spiro atoms. The number of halogens is 6. The Balaban J connectivity index is 1.36. The number of hydrogen-bond donors (Lipinski definition) is 1. The van der Waals surface area contributed by atoms with Crippen LogP contribution in [0.25, 0.3) is 22.3 Å². The topological polar surface area (TPSA) is 89.0 Å². The summed E-state index contributed by atoms with van der Waals surface area (Å²) in [4.78, 5) is 31.0. The van der Waals surface area contributed by atoms with Gasteiger partial charge in [0.25, 0.3) is 0 Å². The lowest BCUT2D eigenvalue weighted by atomic mass is 9.83. The molecule has 1 amide bonds. The fourth-order valence-corrected chi connectivity index (χ4v) is 6.56. The van der Waals surface area contributed by atoms with Crippen molar-refractivity contribution in [3.63, 3.8) is 0 Å². The molecule has 3 aromatic rings. The molecular formula is C36H32F6N2O5. The third-order valence-electron chi connectivity index (χ3n) is 9.32. The lowest BCUT2D eigenvalue weighted by Crippen LogP contribution is -2.38. The minimum absolute atomic E-state index is 0.110. The van der Waals surface area contributed by atoms with E-state index in [9.17, 15) is 41.0 Å². The molecule has 2 aromatic carbocycles. The van der Waals surface area contributed by atoms with E-state index in [4.69, 9.17) is 14.5 Å². The molecular weight excluding hydrogens is 654 g/mol. The van der Waals surface area contributed by atoms with Crippen LogP contribution in [0.15, 0.2) is 71.8 Å². The van der Waals surface area contributed by atoms with Gasteiger partial charge < -0.3 is 14.6 Å². The Bertz CT molecular complexity index is 1880. The van der Waals surface area contributed by atoms with Crippen molar-refractivity contribution in [3.05, 3.63) is 94.3 Å². The van der Waals surface area contributed by atoms with Gasteiger partial charge >= 0.3 is 24.4 Å². The number of rotatable bonds is 8. The number of alkyl halides is 6. The molecule has 0 radical (unpaired) electrons. The highest BCUT2D eigenvalue weighted by Crippen LogP contribution is 2.45. The molecule has 2 aliphatic carbocycles. The van der Waals surface area contributed by atoms with Gasteiger partial charge in [0.2, 0.25) is 0 Å². The van der Waals surface area contributed by atoms with Crippen LogP contribution in [0.4, 0.5) is 31.1 Å². The number of benzene rings is 2. The van der Waals surface area contributed by atoms with Crippen LogP contribution >= 0.6 is 0 Å². The minimum Gasteiger partial charge on any atom is -0.496 e. The summed E-state index contributed by atoms with van der Waals surface area (Å²) in [7, 11) is 1.50. The van der Waals surface area contributed by atoms with E-state index in [-0.39, 0.29) is 24.1 Å². The number of pyridine rings is 1. The molecule has 1 saturated carbocycles. The van der Waals surface area contributed by atoms with Crippen molar-refractivity contribution in [3.8, 4) is 28.0 Å². The van der Waals surface area contributed by atoms with Crippen LogP contribution in [0.1, 0.15) is 59.4 Å². The molecule has 1 aromatic heterocycles. The number of aryl methyl sites for hydroxylation is 1. The fraction of sp³-hybridized carbons (Fsp3) is 0.361. The number of ether oxygens (including phenoxy) is 2. The number of amides is 1. The summed E-state index contributed by atoms with van der Waals surface area (Å²) in [6, 6.07) is 13.1. The Labute approximate surface area is 277 Å². The zero-order chi connectivity index (χ0) is 35.4. The number of methoxy groups -OCH3 is 1. The molecule has 6 rings (SSSR count). The largest absolute Gasteiger partial charge is 0.496 e. The highest BCUT2D eigenvalue weighted by Gasteiger charge is 2.48. The molecule has 1 aliphatic heterocycles. The van der Waals surface area contributed by atoms with Crippen molar-refractivity contribution in [1.82, 2.24) is 9.88 Å². The van der Waals surface area contributed by atoms with Crippen LogP contribution in [0.5, 0.6) is 5.75 Å². The Kier molecular flexibility index (Phi) is 8.74. The van der Waals surface area contributed by atoms with Gasteiger partial charge in [-0.2, -0.15) is 26.3 Å². The van der Waals surface area contributed by atoms with E-state index in [1.807, 2.05) is 24.3 Å². The third kappa shape index (κ3) is 6.88. The average Bonchev–Trinajstić information content (AvgIpc) is 3.86. The summed E-state index contributed by atoms with van der Waals surface area (Å²) in [6.07, 6.45) is -10.2. The summed E-state index contributed by atoms with van der Waals surface area (Å²) in [5.74, 6) is -1.70. The first-order valence-corrected chi connectivity index (χ1v) is 15.6. The van der Waals surface area contributed by atoms with Crippen LogP contribution in [0.2, 0.25) is 0 Å². The Morgan fingerprint density at radius 1 is 1.00 bits per heavy atom. The maximum Gasteiger partial charge on any atom is 0.416 e. The highest BCUT2D eigenvalue weighted by atomic mass is 19.4. The lowest BCUT2D eigenvalue weighted by Gasteiger charge is -2.30. The van der Waals surface area contributed by atoms with Crippen LogP contribution in [-0.2, 0) is 11.3 Å². The van der Waals surface area contributed by atoms with E-state index >= 15 is 0 Å². The first-order chi connectivity index (χ1) is 23.0. The minimum atomic E-state index is -5.02. The third-order valence-corrected chi connectivity index (χ3v) is 9.32. The molecule has 7 nitrogen and oxygen atoms in total. The Hall–Kier alpha value is -4.81. The maximum atomic E-state index is 13.7. The van der Waals surface area contributed by atoms with E-state index in [1.165, 1.54) is 25.0 Å². The van der Waals surface area contributed by atoms with Gasteiger partial charge in [0.1, 0.15) is 11.9 Å². The van der Waals surface area contributed by atoms with Crippen LogP contribution in [0.3, 0.4) is 0 Å². The quantitative estimate of drug-likeness (QED) is 0.238. The van der Waals surface area contributed by atoms with Crippen molar-refractivity contribution in [1.29, 1.82) is 0 Å². The smallest absolute Gasteiger partial charge is 0.416 e. The Morgan fingerprint density at radius 3 is 2.33 bits per heavy atom. The second-order valence-electron chi connectivity index (χ2n) is 12.6. The molecule has 3 atom stereocenters. The van der Waals surface area contributed by atoms with Gasteiger partial charge in [0.05, 0.1) is 36.5 Å². The van der Waals surface area contributed by atoms with E-state index in [1.54, 1.807) is 25.1 Å². The lowest BCUT2D eigenvalue weighted by molar-refractivity contribution is -0.101. The fourth-order valence-electron chi connectivity index (χ4n) is 6.56. The van der Waals surface area contributed by atoms with Crippen molar-refractivity contribution in [2.24, 2.45) is 5.92 Å². The van der Waals surface area contributed by atoms with E-state index in [0.29, 0.717) is 28.6 Å².